The lowest BCUT2D eigenvalue weighted by atomic mass is 9.54. The molecule has 2 fully saturated rings. The molecule has 1 nitrogen and oxygen atoms in total. The van der Waals surface area contributed by atoms with Crippen LogP contribution in [0.2, 0.25) is 0 Å². The van der Waals surface area contributed by atoms with Gasteiger partial charge in [-0.1, -0.05) is 60.3 Å². The van der Waals surface area contributed by atoms with Crippen molar-refractivity contribution in [3.63, 3.8) is 0 Å². The highest BCUT2D eigenvalue weighted by molar-refractivity contribution is 5.05. The maximum Gasteiger partial charge on any atom is 0.0487 e. The Morgan fingerprint density at radius 2 is 1.76 bits per heavy atom. The van der Waals surface area contributed by atoms with Crippen LogP contribution in [-0.4, -0.2) is 11.7 Å². The summed E-state index contributed by atoms with van der Waals surface area (Å²) in [5.74, 6) is 3.35. The van der Waals surface area contributed by atoms with Crippen molar-refractivity contribution in [2.75, 3.05) is 6.61 Å². The van der Waals surface area contributed by atoms with Crippen LogP contribution in [0.5, 0.6) is 0 Å². The predicted molar refractivity (Wildman–Crippen MR) is 91.2 cm³/mol. The molecule has 21 heavy (non-hydrogen) atoms. The highest BCUT2D eigenvalue weighted by atomic mass is 16.3. The molecule has 124 valence electrons. The van der Waals surface area contributed by atoms with E-state index in [1.54, 1.807) is 0 Å². The van der Waals surface area contributed by atoms with Gasteiger partial charge in [-0.05, 0) is 60.2 Å². The molecule has 0 aliphatic heterocycles. The summed E-state index contributed by atoms with van der Waals surface area (Å²) in [5.41, 5.74) is 0.687. The summed E-state index contributed by atoms with van der Waals surface area (Å²) in [4.78, 5) is 0. The maximum absolute atomic E-state index is 9.94. The molecule has 0 aromatic rings. The molecule has 1 heteroatoms. The fraction of sp³-hybridized carbons (Fsp3) is 1.00. The fourth-order valence-electron chi connectivity index (χ4n) is 5.99. The minimum atomic E-state index is 0.194. The van der Waals surface area contributed by atoms with E-state index in [1.165, 1.54) is 51.4 Å². The molecule has 0 spiro atoms. The Balaban J connectivity index is 2.02. The second-order valence-corrected chi connectivity index (χ2v) is 9.21. The lowest BCUT2D eigenvalue weighted by Gasteiger charge is -2.51. The average Bonchev–Trinajstić information content (AvgIpc) is 2.77. The molecule has 1 N–H and O–H groups in total. The first-order valence-electron chi connectivity index (χ1n) is 9.44. The molecule has 5 atom stereocenters. The fourth-order valence-corrected chi connectivity index (χ4v) is 5.99. The third kappa shape index (κ3) is 3.33. The molecular formula is C20H38O. The summed E-state index contributed by atoms with van der Waals surface area (Å²) in [5, 5.41) is 9.94. The van der Waals surface area contributed by atoms with Crippen LogP contribution >= 0.6 is 0 Å². The van der Waals surface area contributed by atoms with Gasteiger partial charge < -0.3 is 5.11 Å². The standard InChI is InChI=1S/C20H38O/c1-15(2)8-6-9-16(3)17-10-11-18-19(4,14-21)12-7-13-20(17,18)5/h15-18,21H,6-14H2,1-5H3/t16-,17-,18?,19-,20-/m1/s1. The van der Waals surface area contributed by atoms with E-state index in [4.69, 9.17) is 0 Å². The number of aliphatic hydroxyl groups excluding tert-OH is 1. The first-order valence-corrected chi connectivity index (χ1v) is 9.44. The van der Waals surface area contributed by atoms with Crippen molar-refractivity contribution >= 4 is 0 Å². The average molecular weight is 295 g/mol. The van der Waals surface area contributed by atoms with Crippen molar-refractivity contribution in [1.29, 1.82) is 0 Å². The van der Waals surface area contributed by atoms with E-state index >= 15 is 0 Å². The van der Waals surface area contributed by atoms with Gasteiger partial charge in [-0.25, -0.2) is 0 Å². The van der Waals surface area contributed by atoms with Crippen LogP contribution in [0.15, 0.2) is 0 Å². The van der Waals surface area contributed by atoms with Gasteiger partial charge in [-0.15, -0.1) is 0 Å². The Labute approximate surface area is 132 Å². The van der Waals surface area contributed by atoms with Crippen molar-refractivity contribution < 1.29 is 5.11 Å². The van der Waals surface area contributed by atoms with Crippen molar-refractivity contribution in [2.24, 2.45) is 34.5 Å². The Morgan fingerprint density at radius 1 is 1.05 bits per heavy atom. The van der Waals surface area contributed by atoms with E-state index in [0.717, 1.165) is 23.7 Å². The first-order chi connectivity index (χ1) is 9.83. The third-order valence-corrected chi connectivity index (χ3v) is 7.20. The minimum Gasteiger partial charge on any atom is -0.396 e. The third-order valence-electron chi connectivity index (χ3n) is 7.20. The maximum atomic E-state index is 9.94. The molecule has 0 radical (unpaired) electrons. The minimum absolute atomic E-state index is 0.194. The predicted octanol–water partition coefficient (Wildman–Crippen LogP) is 5.66. The summed E-state index contributed by atoms with van der Waals surface area (Å²) in [6, 6.07) is 0. The number of aliphatic hydroxyl groups is 1. The van der Waals surface area contributed by atoms with Crippen LogP contribution in [-0.2, 0) is 0 Å². The first kappa shape index (κ1) is 17.3. The van der Waals surface area contributed by atoms with E-state index < -0.39 is 0 Å². The topological polar surface area (TPSA) is 20.2 Å². The molecular weight excluding hydrogens is 256 g/mol. The Morgan fingerprint density at radius 3 is 2.38 bits per heavy atom. The summed E-state index contributed by atoms with van der Waals surface area (Å²) >= 11 is 0. The second kappa shape index (κ2) is 6.60. The number of hydrogen-bond donors (Lipinski definition) is 1. The summed E-state index contributed by atoms with van der Waals surface area (Å²) in [7, 11) is 0. The second-order valence-electron chi connectivity index (χ2n) is 9.21. The van der Waals surface area contributed by atoms with Gasteiger partial charge in [0.05, 0.1) is 0 Å². The van der Waals surface area contributed by atoms with Crippen LogP contribution in [0.25, 0.3) is 0 Å². The molecule has 0 bridgehead atoms. The highest BCUT2D eigenvalue weighted by Gasteiger charge is 2.56. The lowest BCUT2D eigenvalue weighted by molar-refractivity contribution is -0.0518. The molecule has 0 saturated heterocycles. The summed E-state index contributed by atoms with van der Waals surface area (Å²) in [6.07, 6.45) is 10.9. The SMILES string of the molecule is CC(C)CCC[C@@H](C)[C@H]1CCC2[C@@](C)(CO)CCC[C@@]21C. The number of rotatable bonds is 6. The quantitative estimate of drug-likeness (QED) is 0.669. The van der Waals surface area contributed by atoms with E-state index in [0.29, 0.717) is 12.0 Å². The van der Waals surface area contributed by atoms with Crippen LogP contribution in [0.1, 0.15) is 86.0 Å². The van der Waals surface area contributed by atoms with Gasteiger partial charge in [-0.2, -0.15) is 0 Å². The molecule has 0 amide bonds. The van der Waals surface area contributed by atoms with Crippen LogP contribution in [0, 0.1) is 34.5 Å². The van der Waals surface area contributed by atoms with Crippen molar-refractivity contribution in [3.05, 3.63) is 0 Å². The highest BCUT2D eigenvalue weighted by Crippen LogP contribution is 2.63. The van der Waals surface area contributed by atoms with Gasteiger partial charge in [0.15, 0.2) is 0 Å². The Kier molecular flexibility index (Phi) is 5.45. The zero-order chi connectivity index (χ0) is 15.7. The molecule has 2 rings (SSSR count). The number of fused-ring (bicyclic) bond motifs is 1. The zero-order valence-corrected chi connectivity index (χ0v) is 15.1. The largest absolute Gasteiger partial charge is 0.396 e. The lowest BCUT2D eigenvalue weighted by Crippen LogP contribution is -2.46. The van der Waals surface area contributed by atoms with Gasteiger partial charge in [0.25, 0.3) is 0 Å². The summed E-state index contributed by atoms with van der Waals surface area (Å²) < 4.78 is 0. The van der Waals surface area contributed by atoms with E-state index in [1.807, 2.05) is 0 Å². The van der Waals surface area contributed by atoms with Crippen molar-refractivity contribution in [3.8, 4) is 0 Å². The number of hydrogen-bond acceptors (Lipinski definition) is 1. The molecule has 0 heterocycles. The Hall–Kier alpha value is -0.0400. The van der Waals surface area contributed by atoms with E-state index in [9.17, 15) is 5.11 Å². The molecule has 0 aromatic carbocycles. The zero-order valence-electron chi connectivity index (χ0n) is 15.1. The molecule has 2 aliphatic carbocycles. The normalized spacial score (nSPS) is 41.3. The molecule has 2 saturated carbocycles. The van der Waals surface area contributed by atoms with Crippen LogP contribution < -0.4 is 0 Å². The van der Waals surface area contributed by atoms with Gasteiger partial charge in [0, 0.05) is 6.61 Å². The van der Waals surface area contributed by atoms with Gasteiger partial charge in [-0.3, -0.25) is 0 Å². The van der Waals surface area contributed by atoms with Crippen LogP contribution in [0.4, 0.5) is 0 Å². The van der Waals surface area contributed by atoms with Gasteiger partial charge in [0.1, 0.15) is 0 Å². The summed E-state index contributed by atoms with van der Waals surface area (Å²) in [6.45, 7) is 12.5. The van der Waals surface area contributed by atoms with Crippen LogP contribution in [0.3, 0.4) is 0 Å². The van der Waals surface area contributed by atoms with Crippen molar-refractivity contribution in [2.45, 2.75) is 86.0 Å². The van der Waals surface area contributed by atoms with E-state index in [2.05, 4.69) is 34.6 Å². The monoisotopic (exact) mass is 294 g/mol. The van der Waals surface area contributed by atoms with Gasteiger partial charge >= 0.3 is 0 Å². The molecule has 2 aliphatic rings. The molecule has 1 unspecified atom stereocenters. The van der Waals surface area contributed by atoms with Crippen molar-refractivity contribution in [1.82, 2.24) is 0 Å². The smallest absolute Gasteiger partial charge is 0.0487 e. The van der Waals surface area contributed by atoms with E-state index in [-0.39, 0.29) is 5.41 Å². The van der Waals surface area contributed by atoms with Gasteiger partial charge in [0.2, 0.25) is 0 Å². The Bertz CT molecular complexity index is 337. The molecule has 0 aromatic heterocycles.